The summed E-state index contributed by atoms with van der Waals surface area (Å²) in [6.07, 6.45) is 3.65. The summed E-state index contributed by atoms with van der Waals surface area (Å²) < 4.78 is 0. The van der Waals surface area contributed by atoms with Crippen molar-refractivity contribution in [3.05, 3.63) is 0 Å². The van der Waals surface area contributed by atoms with Crippen LogP contribution in [0.5, 0.6) is 0 Å². The lowest BCUT2D eigenvalue weighted by Crippen LogP contribution is -2.03. The molecule has 1 saturated heterocycles. The van der Waals surface area contributed by atoms with E-state index in [-0.39, 0.29) is 0 Å². The first-order valence-corrected chi connectivity index (χ1v) is 3.73. The Balaban J connectivity index is 0.000000148. The quantitative estimate of drug-likeness (QED) is 0.550. The molecule has 56 valence electrons. The van der Waals surface area contributed by atoms with Gasteiger partial charge in [0.1, 0.15) is 0 Å². The predicted octanol–water partition coefficient (Wildman–Crippen LogP) is 0.758. The Morgan fingerprint density at radius 3 is 1.89 bits per heavy atom. The van der Waals surface area contributed by atoms with Crippen LogP contribution >= 0.6 is 0 Å². The molecule has 0 spiro atoms. The smallest absolute Gasteiger partial charge is 0.0428 e. The first kappa shape index (κ1) is 8.92. The first-order valence-electron chi connectivity index (χ1n) is 3.73. The van der Waals surface area contributed by atoms with E-state index in [2.05, 4.69) is 5.32 Å². The zero-order valence-electron chi connectivity index (χ0n) is 6.19. The molecule has 0 atom stereocenters. The van der Waals surface area contributed by atoms with Gasteiger partial charge in [-0.3, -0.25) is 0 Å². The molecule has 1 fully saturated rings. The van der Waals surface area contributed by atoms with Crippen molar-refractivity contribution in [1.82, 2.24) is 5.32 Å². The second-order valence-electron chi connectivity index (χ2n) is 2.18. The van der Waals surface area contributed by atoms with Crippen LogP contribution in [0.4, 0.5) is 0 Å². The van der Waals surface area contributed by atoms with E-state index in [1.807, 2.05) is 6.92 Å². The summed E-state index contributed by atoms with van der Waals surface area (Å²) in [5.74, 6) is 0. The summed E-state index contributed by atoms with van der Waals surface area (Å²) in [6, 6.07) is 0. The molecule has 0 radical (unpaired) electrons. The third-order valence-electron chi connectivity index (χ3n) is 1.18. The summed E-state index contributed by atoms with van der Waals surface area (Å²) >= 11 is 0. The van der Waals surface area contributed by atoms with Crippen LogP contribution in [0.3, 0.4) is 0 Å². The van der Waals surface area contributed by atoms with E-state index in [4.69, 9.17) is 5.11 Å². The molecule has 0 aromatic rings. The van der Waals surface area contributed by atoms with Crippen molar-refractivity contribution in [2.45, 2.75) is 26.2 Å². The minimum Gasteiger partial charge on any atom is -0.396 e. The molecule has 1 aliphatic heterocycles. The fraction of sp³-hybridized carbons (Fsp3) is 1.00. The summed E-state index contributed by atoms with van der Waals surface area (Å²) in [4.78, 5) is 0. The summed E-state index contributed by atoms with van der Waals surface area (Å²) in [7, 11) is 0. The Morgan fingerprint density at radius 1 is 1.33 bits per heavy atom. The van der Waals surface area contributed by atoms with Crippen molar-refractivity contribution in [2.24, 2.45) is 0 Å². The van der Waals surface area contributed by atoms with Crippen LogP contribution in [-0.4, -0.2) is 24.8 Å². The largest absolute Gasteiger partial charge is 0.396 e. The van der Waals surface area contributed by atoms with Gasteiger partial charge in [-0.15, -0.1) is 0 Å². The molecule has 0 saturated carbocycles. The number of aliphatic hydroxyl groups is 1. The second kappa shape index (κ2) is 7.92. The minimum atomic E-state index is 0.319. The van der Waals surface area contributed by atoms with Gasteiger partial charge in [0.2, 0.25) is 0 Å². The zero-order valence-corrected chi connectivity index (χ0v) is 6.19. The maximum atomic E-state index is 7.88. The lowest BCUT2D eigenvalue weighted by molar-refractivity contribution is 0.295. The summed E-state index contributed by atoms with van der Waals surface area (Å²) in [6.45, 7) is 4.75. The van der Waals surface area contributed by atoms with Crippen molar-refractivity contribution in [1.29, 1.82) is 0 Å². The van der Waals surface area contributed by atoms with Gasteiger partial charge < -0.3 is 10.4 Å². The van der Waals surface area contributed by atoms with Gasteiger partial charge in [-0.1, -0.05) is 6.92 Å². The molecule has 2 nitrogen and oxygen atoms in total. The zero-order chi connectivity index (χ0) is 6.95. The van der Waals surface area contributed by atoms with E-state index in [0.29, 0.717) is 6.61 Å². The van der Waals surface area contributed by atoms with E-state index >= 15 is 0 Å². The highest BCUT2D eigenvalue weighted by Crippen LogP contribution is 1.90. The van der Waals surface area contributed by atoms with E-state index in [1.165, 1.54) is 25.9 Å². The Labute approximate surface area is 57.3 Å². The van der Waals surface area contributed by atoms with Gasteiger partial charge in [-0.25, -0.2) is 0 Å². The average molecular weight is 131 g/mol. The third-order valence-corrected chi connectivity index (χ3v) is 1.18. The van der Waals surface area contributed by atoms with Crippen LogP contribution in [-0.2, 0) is 0 Å². The first-order chi connectivity index (χ1) is 4.41. The molecular weight excluding hydrogens is 114 g/mol. The molecule has 2 heteroatoms. The summed E-state index contributed by atoms with van der Waals surface area (Å²) in [5, 5.41) is 11.1. The van der Waals surface area contributed by atoms with Crippen molar-refractivity contribution >= 4 is 0 Å². The monoisotopic (exact) mass is 131 g/mol. The predicted molar refractivity (Wildman–Crippen MR) is 39.5 cm³/mol. The number of rotatable bonds is 1. The van der Waals surface area contributed by atoms with Crippen molar-refractivity contribution in [2.75, 3.05) is 19.7 Å². The van der Waals surface area contributed by atoms with Crippen LogP contribution in [0.2, 0.25) is 0 Å². The van der Waals surface area contributed by atoms with Gasteiger partial charge in [0.05, 0.1) is 0 Å². The van der Waals surface area contributed by atoms with Gasteiger partial charge in [-0.05, 0) is 32.4 Å². The number of aliphatic hydroxyl groups excluding tert-OH is 1. The molecule has 1 rings (SSSR count). The number of hydrogen-bond donors (Lipinski definition) is 2. The number of hydrogen-bond acceptors (Lipinski definition) is 2. The Hall–Kier alpha value is -0.0800. The van der Waals surface area contributed by atoms with Crippen LogP contribution < -0.4 is 5.32 Å². The van der Waals surface area contributed by atoms with Gasteiger partial charge in [-0.2, -0.15) is 0 Å². The molecule has 0 amide bonds. The second-order valence-corrected chi connectivity index (χ2v) is 2.18. The third kappa shape index (κ3) is 7.92. The molecule has 1 heterocycles. The lowest BCUT2D eigenvalue weighted by atomic mass is 10.4. The van der Waals surface area contributed by atoms with E-state index in [0.717, 1.165) is 6.42 Å². The lowest BCUT2D eigenvalue weighted by Gasteiger charge is -1.76. The molecule has 1 aliphatic rings. The highest BCUT2D eigenvalue weighted by atomic mass is 16.2. The highest BCUT2D eigenvalue weighted by Gasteiger charge is 1.93. The molecule has 9 heavy (non-hydrogen) atoms. The minimum absolute atomic E-state index is 0.319. The van der Waals surface area contributed by atoms with Crippen molar-refractivity contribution in [3.8, 4) is 0 Å². The topological polar surface area (TPSA) is 32.3 Å². The fourth-order valence-corrected chi connectivity index (χ4v) is 0.625. The van der Waals surface area contributed by atoms with E-state index in [9.17, 15) is 0 Å². The normalized spacial score (nSPS) is 16.7. The van der Waals surface area contributed by atoms with Crippen LogP contribution in [0.15, 0.2) is 0 Å². The maximum Gasteiger partial charge on any atom is 0.0428 e. The van der Waals surface area contributed by atoms with Crippen LogP contribution in [0.1, 0.15) is 26.2 Å². The molecule has 0 aliphatic carbocycles. The van der Waals surface area contributed by atoms with E-state index < -0.39 is 0 Å². The van der Waals surface area contributed by atoms with Gasteiger partial charge in [0.15, 0.2) is 0 Å². The van der Waals surface area contributed by atoms with Crippen molar-refractivity contribution in [3.63, 3.8) is 0 Å². The van der Waals surface area contributed by atoms with E-state index in [1.54, 1.807) is 0 Å². The van der Waals surface area contributed by atoms with Gasteiger partial charge in [0, 0.05) is 6.61 Å². The SMILES string of the molecule is C1CCNC1.CCCO. The Kier molecular flexibility index (Phi) is 7.85. The number of nitrogens with one attached hydrogen (secondary N) is 1. The maximum absolute atomic E-state index is 7.88. The van der Waals surface area contributed by atoms with Crippen molar-refractivity contribution < 1.29 is 5.11 Å². The Bertz CT molecular complexity index is 34.6. The molecular formula is C7H17NO. The van der Waals surface area contributed by atoms with Crippen LogP contribution in [0, 0.1) is 0 Å². The molecule has 0 bridgehead atoms. The Morgan fingerprint density at radius 2 is 1.78 bits per heavy atom. The average Bonchev–Trinajstić information content (AvgIpc) is 2.43. The molecule has 0 aromatic carbocycles. The van der Waals surface area contributed by atoms with Crippen LogP contribution in [0.25, 0.3) is 0 Å². The molecule has 0 aromatic heterocycles. The summed E-state index contributed by atoms with van der Waals surface area (Å²) in [5.41, 5.74) is 0. The highest BCUT2D eigenvalue weighted by molar-refractivity contribution is 4.55. The fourth-order valence-electron chi connectivity index (χ4n) is 0.625. The molecule has 2 N–H and O–H groups in total. The van der Waals surface area contributed by atoms with Gasteiger partial charge in [0.25, 0.3) is 0 Å². The standard InChI is InChI=1S/C4H9N.C3H8O/c1-2-4-5-3-1;1-2-3-4/h5H,1-4H2;4H,2-3H2,1H3. The molecule has 0 unspecified atom stereocenters. The van der Waals surface area contributed by atoms with Gasteiger partial charge >= 0.3 is 0 Å².